The van der Waals surface area contributed by atoms with E-state index < -0.39 is 197 Å². The average Bonchev–Trinajstić information content (AvgIpc) is 1.67. The summed E-state index contributed by atoms with van der Waals surface area (Å²) in [7, 11) is 0. The molecule has 2 heterocycles. The van der Waals surface area contributed by atoms with Crippen molar-refractivity contribution in [3.05, 3.63) is 90.1 Å². The highest BCUT2D eigenvalue weighted by atomic mass is 16.2. The van der Waals surface area contributed by atoms with Crippen molar-refractivity contribution in [1.82, 2.24) is 89.4 Å². The second-order valence-corrected chi connectivity index (χ2v) is 36.9. The lowest BCUT2D eigenvalue weighted by molar-refractivity contribution is -0.137. The van der Waals surface area contributed by atoms with Crippen molar-refractivity contribution in [3.63, 3.8) is 0 Å². The normalized spacial score (nSPS) is 15.3. The highest BCUT2D eigenvalue weighted by molar-refractivity contribution is 6.01. The van der Waals surface area contributed by atoms with Gasteiger partial charge in [0.15, 0.2) is 0 Å². The Bertz CT molecular complexity index is 4260. The molecule has 15 amide bonds. The minimum Gasteiger partial charge on any atom is -0.368 e. The van der Waals surface area contributed by atoms with E-state index in [0.717, 1.165) is 10.9 Å². The van der Waals surface area contributed by atoms with E-state index in [1.165, 1.54) is 19.4 Å². The highest BCUT2D eigenvalue weighted by Crippen LogP contribution is 2.22. The molecule has 0 saturated heterocycles. The van der Waals surface area contributed by atoms with E-state index in [4.69, 9.17) is 34.4 Å². The molecule has 0 saturated carbocycles. The molecule has 28 N–H and O–H groups in total. The summed E-state index contributed by atoms with van der Waals surface area (Å²) in [5.41, 5.74) is 38.0. The van der Waals surface area contributed by atoms with Crippen molar-refractivity contribution in [2.45, 2.75) is 323 Å². The summed E-state index contributed by atoms with van der Waals surface area (Å²) in [5, 5.41) is 39.9. The molecule has 2 aromatic heterocycles. The number of fused-ring (bicyclic) bond motifs is 1. The Kier molecular flexibility index (Phi) is 50.4. The first-order valence-corrected chi connectivity index (χ1v) is 46.7. The van der Waals surface area contributed by atoms with Crippen molar-refractivity contribution in [1.29, 1.82) is 0 Å². The molecule has 732 valence electrons. The third-order valence-corrected chi connectivity index (χ3v) is 22.7. The van der Waals surface area contributed by atoms with Gasteiger partial charge in [-0.05, 0) is 188 Å². The summed E-state index contributed by atoms with van der Waals surface area (Å²) < 4.78 is 0. The van der Waals surface area contributed by atoms with Gasteiger partial charge in [0.1, 0.15) is 84.6 Å². The van der Waals surface area contributed by atoms with Gasteiger partial charge in [-0.3, -0.25) is 71.9 Å². The molecule has 38 nitrogen and oxygen atoms in total. The number of aromatic amines is 2. The summed E-state index contributed by atoms with van der Waals surface area (Å²) in [6.45, 7) is 27.4. The molecular formula is C93H155N23O15. The molecule has 4 aromatic rings. The van der Waals surface area contributed by atoms with Crippen molar-refractivity contribution >= 4 is 99.5 Å². The van der Waals surface area contributed by atoms with Crippen molar-refractivity contribution in [2.75, 3.05) is 26.2 Å². The van der Waals surface area contributed by atoms with Crippen LogP contribution in [-0.2, 0) is 91.2 Å². The number of carbonyl (C=O) groups excluding carboxylic acids is 15. The molecule has 0 fully saturated rings. The van der Waals surface area contributed by atoms with Crippen LogP contribution in [0.25, 0.3) is 10.9 Å². The number of carbonyl (C=O) groups is 15. The molecule has 131 heavy (non-hydrogen) atoms. The Morgan fingerprint density at radius 1 is 0.344 bits per heavy atom. The first-order valence-electron chi connectivity index (χ1n) is 46.7. The van der Waals surface area contributed by atoms with Crippen LogP contribution in [0.3, 0.4) is 0 Å². The van der Waals surface area contributed by atoms with Gasteiger partial charge in [-0.2, -0.15) is 0 Å². The van der Waals surface area contributed by atoms with Gasteiger partial charge in [-0.1, -0.05) is 158 Å². The molecule has 0 unspecified atom stereocenters. The van der Waals surface area contributed by atoms with Crippen LogP contribution in [0.1, 0.15) is 230 Å². The molecule has 2 aromatic carbocycles. The molecule has 0 aliphatic rings. The molecule has 0 aliphatic carbocycles. The van der Waals surface area contributed by atoms with E-state index in [0.29, 0.717) is 87.6 Å². The van der Waals surface area contributed by atoms with Gasteiger partial charge >= 0.3 is 0 Å². The number of H-pyrrole nitrogens is 2. The molecule has 0 bridgehead atoms. The van der Waals surface area contributed by atoms with Gasteiger partial charge in [-0.25, -0.2) is 4.98 Å². The van der Waals surface area contributed by atoms with E-state index >= 15 is 14.4 Å². The lowest BCUT2D eigenvalue weighted by atomic mass is 9.96. The number of unbranched alkanes of at least 4 members (excludes halogenated alkanes) is 4. The number of primary amides is 1. The minimum absolute atomic E-state index is 0.00110. The van der Waals surface area contributed by atoms with Crippen molar-refractivity contribution in [2.24, 2.45) is 75.8 Å². The Labute approximate surface area is 772 Å². The van der Waals surface area contributed by atoms with E-state index in [1.54, 1.807) is 78.1 Å². The molecule has 38 heteroatoms. The average molecular weight is 1840 g/mol. The number of rotatable bonds is 63. The Morgan fingerprint density at radius 3 is 1.11 bits per heavy atom. The monoisotopic (exact) mass is 1830 g/mol. The van der Waals surface area contributed by atoms with Crippen molar-refractivity contribution in [3.8, 4) is 0 Å². The molecule has 0 aliphatic heterocycles. The van der Waals surface area contributed by atoms with Crippen LogP contribution in [0.2, 0.25) is 0 Å². The number of amides is 15. The van der Waals surface area contributed by atoms with Crippen LogP contribution in [-0.4, -0.2) is 220 Å². The lowest BCUT2D eigenvalue weighted by Gasteiger charge is -2.30. The van der Waals surface area contributed by atoms with Gasteiger partial charge in [0.25, 0.3) is 0 Å². The van der Waals surface area contributed by atoms with E-state index in [2.05, 4.69) is 89.4 Å². The molecule has 16 atom stereocenters. The number of benzene rings is 2. The summed E-state index contributed by atoms with van der Waals surface area (Å²) in [6, 6.07) is -2.73. The second kappa shape index (κ2) is 58.7. The smallest absolute Gasteiger partial charge is 0.243 e. The molecule has 0 radical (unpaired) electrons. The largest absolute Gasteiger partial charge is 0.368 e. The van der Waals surface area contributed by atoms with Crippen LogP contribution >= 0.6 is 0 Å². The highest BCUT2D eigenvalue weighted by Gasteiger charge is 2.40. The zero-order valence-corrected chi connectivity index (χ0v) is 79.6. The number of nitrogens with zero attached hydrogens (tertiary/aromatic N) is 1. The van der Waals surface area contributed by atoms with Gasteiger partial charge in [0, 0.05) is 48.3 Å². The zero-order valence-electron chi connectivity index (χ0n) is 79.6. The quantitative estimate of drug-likeness (QED) is 0.0279. The fourth-order valence-corrected chi connectivity index (χ4v) is 15.0. The Balaban J connectivity index is 1.59. The Morgan fingerprint density at radius 2 is 0.687 bits per heavy atom. The first-order chi connectivity index (χ1) is 62.1. The minimum atomic E-state index is -1.41. The molecular weight excluding hydrogens is 1680 g/mol. The predicted molar refractivity (Wildman–Crippen MR) is 503 cm³/mol. The maximum absolute atomic E-state index is 15.2. The SMILES string of the molecule is CC[C@H](C)[C@H](NC(=O)[C@H](CCCCN)NC(=O)[C@H](CCCCN)NC(=O)[C@H](Cc1ccccc1)NC(=O)[C@H](CC(C)C)NC(=O)[C@H](Cc1cnc[nH]1)NC(=O)[C@H](Cc1c[nH]c2ccccc12)NC(=O)[C@@H](N)CCCCN)C(=O)N[C@@H](CC(C)C)C(=O)N[C@@H](C)C(=O)N[C@H](C(=O)N[C@@H](CC(C)C)C(=O)N[C@@H](CCCCN)C(=O)N[C@H](C(=O)N[C@@H](CC(C)C)C(N)=O)C(C)C)C(C)C. The topological polar surface area (TPSA) is 625 Å². The fraction of sp³-hybridized carbons (Fsp3) is 0.656. The van der Waals surface area contributed by atoms with Crippen LogP contribution in [0.5, 0.6) is 0 Å². The van der Waals surface area contributed by atoms with Crippen molar-refractivity contribution < 1.29 is 71.9 Å². The Hall–Kier alpha value is -11.0. The number of hydrogen-bond donors (Lipinski definition) is 22. The molecule has 0 spiro atoms. The summed E-state index contributed by atoms with van der Waals surface area (Å²) in [6.07, 6.45) is 9.06. The number of hydrogen-bond acceptors (Lipinski definition) is 21. The van der Waals surface area contributed by atoms with Gasteiger partial charge < -0.3 is 119 Å². The van der Waals surface area contributed by atoms with Gasteiger partial charge in [-0.15, -0.1) is 0 Å². The maximum Gasteiger partial charge on any atom is 0.243 e. The summed E-state index contributed by atoms with van der Waals surface area (Å²) >= 11 is 0. The first kappa shape index (κ1) is 112. The van der Waals surface area contributed by atoms with E-state index in [9.17, 15) is 57.5 Å². The van der Waals surface area contributed by atoms with Gasteiger partial charge in [0.2, 0.25) is 88.6 Å². The second-order valence-electron chi connectivity index (χ2n) is 36.9. The van der Waals surface area contributed by atoms with Crippen LogP contribution in [0.15, 0.2) is 73.3 Å². The number of nitrogens with two attached hydrogens (primary N) is 6. The standard InChI is InChI=1S/C93H155N23O15/c1-16-58(14)78(93(131)113-70(43-53(4)5)85(123)103-59(15)80(118)114-76(56(10)11)92(130)112-72(45-55(8)9)86(124)106-67(36-24-28-40-96)83(121)115-77(57(12)13)91(129)107-69(79(99)117)42-52(2)3)116-84(122)68(37-25-29-41-97)104-82(120)66(35-23-27-39-95)105-88(126)73(46-60-30-18-17-19-31-60)110-87(125)71(44-54(6)7)109-90(128)75(48-62-50-100-51-102-62)111-89(127)74(108-81(119)64(98)33-22-26-38-94)47-61-49-101-65-34-21-20-32-63(61)65/h17-21,30-32,34,49-59,64,66-78,101H,16,22-29,33,35-48,94-98H2,1-15H3,(H2,99,117)(H,100,102)(H,103,123)(H,104,120)(H,105,126)(H,106,124)(H,107,129)(H,108,119)(H,109,128)(H,110,125)(H,111,127)(H,112,130)(H,113,131)(H,114,118)(H,115,121)(H,116,122)/t58-,59-,64-,66-,67-,68-,69-,70-,71-,72-,73-,74-,75-,76-,77-,78-/m0/s1. The summed E-state index contributed by atoms with van der Waals surface area (Å²) in [5.74, 6) is -13.6. The lowest BCUT2D eigenvalue weighted by Crippen LogP contribution is -2.62. The van der Waals surface area contributed by atoms with Crippen LogP contribution in [0, 0.1) is 41.4 Å². The predicted octanol–water partition coefficient (Wildman–Crippen LogP) is 1.60. The third kappa shape index (κ3) is 39.9. The fourth-order valence-electron chi connectivity index (χ4n) is 15.0. The summed E-state index contributed by atoms with van der Waals surface area (Å²) in [4.78, 5) is 227. The number of para-hydroxylation sites is 1. The number of aromatic nitrogens is 3. The zero-order chi connectivity index (χ0) is 97.7. The van der Waals surface area contributed by atoms with Crippen LogP contribution < -0.4 is 109 Å². The van der Waals surface area contributed by atoms with Gasteiger partial charge in [0.05, 0.1) is 12.4 Å². The van der Waals surface area contributed by atoms with E-state index in [-0.39, 0.29) is 108 Å². The maximum atomic E-state index is 15.2. The van der Waals surface area contributed by atoms with Crippen LogP contribution in [0.4, 0.5) is 0 Å². The third-order valence-electron chi connectivity index (χ3n) is 22.7. The number of imidazole rings is 1. The van der Waals surface area contributed by atoms with E-state index in [1.807, 2.05) is 79.7 Å². The molecule has 4 rings (SSSR count). The number of nitrogens with one attached hydrogen (secondary N) is 16.